The number of carbonyl (C=O) groups is 2. The quantitative estimate of drug-likeness (QED) is 0.284. The summed E-state index contributed by atoms with van der Waals surface area (Å²) in [6.45, 7) is -0.198. The normalized spacial score (nSPS) is 11.1. The zero-order valence-electron chi connectivity index (χ0n) is 20.8. The van der Waals surface area contributed by atoms with Crippen molar-refractivity contribution in [2.45, 2.75) is 0 Å². The van der Waals surface area contributed by atoms with E-state index in [-0.39, 0.29) is 12.5 Å². The fourth-order valence-electron chi connectivity index (χ4n) is 4.57. The van der Waals surface area contributed by atoms with Gasteiger partial charge in [0.1, 0.15) is 5.75 Å². The van der Waals surface area contributed by atoms with E-state index in [0.29, 0.717) is 33.2 Å². The number of halogens is 1. The maximum Gasteiger partial charge on any atom is 0.255 e. The molecule has 0 atom stereocenters. The van der Waals surface area contributed by atoms with E-state index in [2.05, 4.69) is 10.6 Å². The van der Waals surface area contributed by atoms with Gasteiger partial charge < -0.3 is 15.4 Å². The van der Waals surface area contributed by atoms with E-state index in [9.17, 15) is 9.59 Å². The molecule has 192 valence electrons. The first-order chi connectivity index (χ1) is 19.0. The summed E-state index contributed by atoms with van der Waals surface area (Å²) in [6.07, 6.45) is 0. The number of rotatable bonds is 6. The van der Waals surface area contributed by atoms with Gasteiger partial charge in [0.25, 0.3) is 5.91 Å². The largest absolute Gasteiger partial charge is 0.496 e. The van der Waals surface area contributed by atoms with Crippen molar-refractivity contribution in [3.05, 3.63) is 102 Å². The highest BCUT2D eigenvalue weighted by Gasteiger charge is 2.16. The van der Waals surface area contributed by atoms with Crippen molar-refractivity contribution in [1.82, 2.24) is 19.9 Å². The predicted molar refractivity (Wildman–Crippen MR) is 152 cm³/mol. The zero-order chi connectivity index (χ0) is 26.9. The van der Waals surface area contributed by atoms with Gasteiger partial charge in [-0.15, -0.1) is 0 Å². The van der Waals surface area contributed by atoms with Gasteiger partial charge in [-0.1, -0.05) is 60.1 Å². The van der Waals surface area contributed by atoms with Crippen molar-refractivity contribution in [3.8, 4) is 17.0 Å². The topological polar surface area (TPSA) is 97.6 Å². The van der Waals surface area contributed by atoms with Crippen molar-refractivity contribution < 1.29 is 14.3 Å². The molecular formula is C30H22ClN5O3. The molecule has 6 rings (SSSR count). The monoisotopic (exact) mass is 535 g/mol. The molecule has 9 heteroatoms. The molecule has 4 aromatic carbocycles. The van der Waals surface area contributed by atoms with Crippen LogP contribution in [0, 0.1) is 0 Å². The van der Waals surface area contributed by atoms with Crippen LogP contribution in [0.4, 0.5) is 5.69 Å². The van der Waals surface area contributed by atoms with Crippen LogP contribution in [0.15, 0.2) is 91.0 Å². The van der Waals surface area contributed by atoms with Gasteiger partial charge in [-0.25, -0.2) is 9.50 Å². The number of nitrogens with one attached hydrogen (secondary N) is 2. The van der Waals surface area contributed by atoms with Gasteiger partial charge in [-0.3, -0.25) is 9.59 Å². The summed E-state index contributed by atoms with van der Waals surface area (Å²) in [7, 11) is 1.49. The Labute approximate surface area is 228 Å². The molecule has 39 heavy (non-hydrogen) atoms. The minimum Gasteiger partial charge on any atom is -0.496 e. The third-order valence-corrected chi connectivity index (χ3v) is 6.67. The van der Waals surface area contributed by atoms with Gasteiger partial charge in [-0.05, 0) is 42.5 Å². The number of nitrogens with zero attached hydrogens (tertiary/aromatic N) is 3. The van der Waals surface area contributed by atoms with Crippen molar-refractivity contribution in [2.24, 2.45) is 0 Å². The molecule has 0 saturated carbocycles. The van der Waals surface area contributed by atoms with E-state index in [0.717, 1.165) is 27.5 Å². The molecule has 0 radical (unpaired) electrons. The molecule has 2 heterocycles. The van der Waals surface area contributed by atoms with E-state index in [1.807, 2.05) is 59.1 Å². The number of hydrogen-bond acceptors (Lipinski definition) is 5. The third-order valence-electron chi connectivity index (χ3n) is 6.42. The summed E-state index contributed by atoms with van der Waals surface area (Å²) in [4.78, 5) is 30.0. The maximum atomic E-state index is 12.6. The maximum absolute atomic E-state index is 12.6. The second kappa shape index (κ2) is 10.1. The lowest BCUT2D eigenvalue weighted by Gasteiger charge is -2.10. The van der Waals surface area contributed by atoms with E-state index < -0.39 is 5.91 Å². The molecule has 0 aliphatic carbocycles. The highest BCUT2D eigenvalue weighted by Crippen LogP contribution is 2.32. The summed E-state index contributed by atoms with van der Waals surface area (Å²) in [5.41, 5.74) is 4.87. The molecule has 0 bridgehead atoms. The predicted octanol–water partition coefficient (Wildman–Crippen LogP) is 5.73. The summed E-state index contributed by atoms with van der Waals surface area (Å²) in [6, 6.07) is 27.9. The third kappa shape index (κ3) is 4.62. The number of imidazole rings is 1. The number of amides is 2. The molecule has 0 aliphatic rings. The van der Waals surface area contributed by atoms with Crippen LogP contribution >= 0.6 is 11.6 Å². The van der Waals surface area contributed by atoms with Crippen LogP contribution in [0.5, 0.6) is 5.75 Å². The number of para-hydroxylation sites is 1. The van der Waals surface area contributed by atoms with Crippen LogP contribution in [0.25, 0.3) is 38.7 Å². The molecule has 2 amide bonds. The average molecular weight is 536 g/mol. The van der Waals surface area contributed by atoms with E-state index >= 15 is 0 Å². The lowest BCUT2D eigenvalue weighted by Crippen LogP contribution is -2.33. The summed E-state index contributed by atoms with van der Waals surface area (Å²) < 4.78 is 7.04. The van der Waals surface area contributed by atoms with Gasteiger partial charge in [0, 0.05) is 27.0 Å². The molecule has 0 unspecified atom stereocenters. The van der Waals surface area contributed by atoms with Gasteiger partial charge >= 0.3 is 0 Å². The van der Waals surface area contributed by atoms with Crippen LogP contribution in [0.2, 0.25) is 5.02 Å². The van der Waals surface area contributed by atoms with Gasteiger partial charge in [0.15, 0.2) is 5.65 Å². The van der Waals surface area contributed by atoms with Crippen molar-refractivity contribution in [2.75, 3.05) is 19.0 Å². The lowest BCUT2D eigenvalue weighted by atomic mass is 10.1. The SMILES string of the molecule is COc1ccccc1C(=O)NCC(=O)Nc1ccc2c(c1)nc1c3ccccc3c(-c3ccc(Cl)cc3)nn21. The number of hydrogen-bond donors (Lipinski definition) is 2. The Kier molecular flexibility index (Phi) is 6.30. The number of fused-ring (bicyclic) bond motifs is 5. The van der Waals surface area contributed by atoms with Crippen molar-refractivity contribution >= 4 is 56.6 Å². The number of carbonyl (C=O) groups excluding carboxylic acids is 2. The van der Waals surface area contributed by atoms with Crippen LogP contribution in [0.3, 0.4) is 0 Å². The van der Waals surface area contributed by atoms with Gasteiger partial charge in [0.2, 0.25) is 5.91 Å². The Balaban J connectivity index is 1.29. The number of methoxy groups -OCH3 is 1. The number of benzene rings is 4. The highest BCUT2D eigenvalue weighted by molar-refractivity contribution is 6.30. The molecule has 8 nitrogen and oxygen atoms in total. The Hall–Kier alpha value is -4.95. The average Bonchev–Trinajstić information content (AvgIpc) is 3.34. The second-order valence-corrected chi connectivity index (χ2v) is 9.32. The Morgan fingerprint density at radius 2 is 1.67 bits per heavy atom. The fourth-order valence-corrected chi connectivity index (χ4v) is 4.70. The van der Waals surface area contributed by atoms with Gasteiger partial charge in [0.05, 0.1) is 35.9 Å². The van der Waals surface area contributed by atoms with Crippen LogP contribution in [-0.2, 0) is 4.79 Å². The Morgan fingerprint density at radius 3 is 2.46 bits per heavy atom. The minimum atomic E-state index is -0.396. The molecule has 2 N–H and O–H groups in total. The van der Waals surface area contributed by atoms with Crippen molar-refractivity contribution in [3.63, 3.8) is 0 Å². The van der Waals surface area contributed by atoms with Crippen LogP contribution in [0.1, 0.15) is 10.4 Å². The van der Waals surface area contributed by atoms with Crippen molar-refractivity contribution in [1.29, 1.82) is 0 Å². The summed E-state index contributed by atoms with van der Waals surface area (Å²) >= 11 is 6.11. The Bertz CT molecular complexity index is 1880. The molecule has 6 aromatic rings. The van der Waals surface area contributed by atoms with Gasteiger partial charge in [-0.2, -0.15) is 5.10 Å². The lowest BCUT2D eigenvalue weighted by molar-refractivity contribution is -0.115. The molecule has 0 spiro atoms. The summed E-state index contributed by atoms with van der Waals surface area (Å²) in [5.74, 6) is -0.323. The standard InChI is InChI=1S/C30H22ClN5O3/c1-39-26-9-5-4-8-23(26)30(38)32-17-27(37)33-20-14-15-25-24(16-20)34-29-22-7-3-2-6-21(22)28(35-36(25)29)18-10-12-19(31)13-11-18/h2-16H,17H2,1H3,(H,32,38)(H,33,37). The smallest absolute Gasteiger partial charge is 0.255 e. The Morgan fingerprint density at radius 1 is 0.923 bits per heavy atom. The summed E-state index contributed by atoms with van der Waals surface area (Å²) in [5, 5.41) is 13.0. The number of anilines is 1. The number of ether oxygens (including phenoxy) is 1. The first-order valence-electron chi connectivity index (χ1n) is 12.2. The van der Waals surface area contributed by atoms with E-state index in [4.69, 9.17) is 26.4 Å². The van der Waals surface area contributed by atoms with E-state index in [1.54, 1.807) is 36.4 Å². The second-order valence-electron chi connectivity index (χ2n) is 8.88. The first kappa shape index (κ1) is 24.4. The molecule has 2 aromatic heterocycles. The van der Waals surface area contributed by atoms with Crippen LogP contribution in [-0.4, -0.2) is 40.1 Å². The first-order valence-corrected chi connectivity index (χ1v) is 12.6. The molecular weight excluding hydrogens is 514 g/mol. The van der Waals surface area contributed by atoms with Crippen LogP contribution < -0.4 is 15.4 Å². The molecule has 0 saturated heterocycles. The highest BCUT2D eigenvalue weighted by atomic mass is 35.5. The molecule has 0 fully saturated rings. The zero-order valence-corrected chi connectivity index (χ0v) is 21.6. The van der Waals surface area contributed by atoms with E-state index in [1.165, 1.54) is 7.11 Å². The minimum absolute atomic E-state index is 0.198. The molecule has 0 aliphatic heterocycles. The number of aromatic nitrogens is 3. The fraction of sp³-hybridized carbons (Fsp3) is 0.0667.